The van der Waals surface area contributed by atoms with E-state index in [4.69, 9.17) is 4.74 Å². The van der Waals surface area contributed by atoms with E-state index >= 15 is 0 Å². The molecule has 1 heterocycles. The van der Waals surface area contributed by atoms with E-state index in [1.54, 1.807) is 0 Å². The van der Waals surface area contributed by atoms with Crippen molar-refractivity contribution in [1.29, 1.82) is 0 Å². The summed E-state index contributed by atoms with van der Waals surface area (Å²) < 4.78 is 6.35. The van der Waals surface area contributed by atoms with Crippen molar-refractivity contribution in [3.63, 3.8) is 0 Å². The first kappa shape index (κ1) is 20.3. The third kappa shape index (κ3) is 3.02. The summed E-state index contributed by atoms with van der Waals surface area (Å²) in [5.41, 5.74) is 2.11. The molecule has 162 valence electrons. The molecule has 5 rings (SSSR count). The highest BCUT2D eigenvalue weighted by atomic mass is 16.6. The molecule has 9 atom stereocenters. The van der Waals surface area contributed by atoms with Crippen molar-refractivity contribution in [2.24, 2.45) is 46.3 Å². The quantitative estimate of drug-likeness (QED) is 0.489. The van der Waals surface area contributed by atoms with Gasteiger partial charge < -0.3 is 4.74 Å². The van der Waals surface area contributed by atoms with Gasteiger partial charge in [-0.15, -0.1) is 0 Å². The topological polar surface area (TPSA) is 29.6 Å². The van der Waals surface area contributed by atoms with Crippen LogP contribution in [0.4, 0.5) is 0 Å². The number of epoxide rings is 1. The van der Waals surface area contributed by atoms with Crippen LogP contribution in [0.25, 0.3) is 0 Å². The van der Waals surface area contributed by atoms with E-state index in [1.807, 2.05) is 6.08 Å². The van der Waals surface area contributed by atoms with Crippen molar-refractivity contribution in [1.82, 2.24) is 0 Å². The summed E-state index contributed by atoms with van der Waals surface area (Å²) in [5.74, 6) is 5.24. The molecule has 29 heavy (non-hydrogen) atoms. The van der Waals surface area contributed by atoms with Crippen molar-refractivity contribution in [2.45, 2.75) is 105 Å². The normalized spacial score (nSPS) is 49.0. The molecule has 0 aromatic rings. The van der Waals surface area contributed by atoms with E-state index in [0.717, 1.165) is 48.3 Å². The number of ketones is 1. The van der Waals surface area contributed by atoms with Crippen molar-refractivity contribution in [3.05, 3.63) is 11.6 Å². The molecule has 0 aromatic heterocycles. The predicted molar refractivity (Wildman–Crippen MR) is 117 cm³/mol. The summed E-state index contributed by atoms with van der Waals surface area (Å²) in [6.07, 6.45) is 14.3. The van der Waals surface area contributed by atoms with Crippen molar-refractivity contribution in [2.75, 3.05) is 0 Å². The first-order valence-corrected chi connectivity index (χ1v) is 12.7. The second-order valence-electron chi connectivity index (χ2n) is 12.3. The summed E-state index contributed by atoms with van der Waals surface area (Å²) in [6, 6.07) is 0. The van der Waals surface area contributed by atoms with Gasteiger partial charge in [0, 0.05) is 6.42 Å². The fourth-order valence-electron chi connectivity index (χ4n) is 8.83. The zero-order valence-electron chi connectivity index (χ0n) is 19.4. The first-order valence-electron chi connectivity index (χ1n) is 12.7. The fourth-order valence-corrected chi connectivity index (χ4v) is 8.83. The first-order chi connectivity index (χ1) is 13.8. The Labute approximate surface area is 178 Å². The van der Waals surface area contributed by atoms with Crippen LogP contribution in [0.3, 0.4) is 0 Å². The third-order valence-corrected chi connectivity index (χ3v) is 10.4. The molecule has 0 amide bonds. The molecule has 4 aliphatic carbocycles. The molecule has 0 bridgehead atoms. The van der Waals surface area contributed by atoms with E-state index in [2.05, 4.69) is 34.6 Å². The standard InChI is InChI=1S/C27H42O2/c1-16(2)7-6-8-17(3)19-9-10-20-23-21(12-14-26(19,20)4)27(5)13-11-18(28)15-22(27)24-25(23)29-24/h15-17,19-21,23-25H,6-14H2,1-5H3/t17-,19-,20+,21+,23+,24?,25?,26-,27-/m1/s1. The van der Waals surface area contributed by atoms with E-state index in [-0.39, 0.29) is 11.5 Å². The Morgan fingerprint density at radius 1 is 1.07 bits per heavy atom. The molecule has 0 aromatic carbocycles. The van der Waals surface area contributed by atoms with Crippen LogP contribution in [0.2, 0.25) is 0 Å². The van der Waals surface area contributed by atoms with Gasteiger partial charge in [0.15, 0.2) is 5.78 Å². The molecule has 5 aliphatic rings. The molecule has 0 N–H and O–H groups in total. The van der Waals surface area contributed by atoms with Gasteiger partial charge in [-0.2, -0.15) is 0 Å². The second-order valence-corrected chi connectivity index (χ2v) is 12.3. The minimum Gasteiger partial charge on any atom is -0.365 e. The molecule has 1 aliphatic heterocycles. The summed E-state index contributed by atoms with van der Waals surface area (Å²) >= 11 is 0. The third-order valence-electron chi connectivity index (χ3n) is 10.4. The molecule has 0 radical (unpaired) electrons. The van der Waals surface area contributed by atoms with Crippen LogP contribution < -0.4 is 0 Å². The van der Waals surface area contributed by atoms with Gasteiger partial charge in [0.1, 0.15) is 6.10 Å². The van der Waals surface area contributed by atoms with Gasteiger partial charge >= 0.3 is 0 Å². The number of hydrogen-bond acceptors (Lipinski definition) is 2. The number of rotatable bonds is 5. The summed E-state index contributed by atoms with van der Waals surface area (Å²) in [6.45, 7) is 12.4. The van der Waals surface area contributed by atoms with Crippen LogP contribution in [0.15, 0.2) is 11.6 Å². The van der Waals surface area contributed by atoms with E-state index < -0.39 is 0 Å². The average Bonchev–Trinajstić information content (AvgIpc) is 3.37. The molecule has 4 fully saturated rings. The number of fused-ring (bicyclic) bond motifs is 8. The lowest BCUT2D eigenvalue weighted by Gasteiger charge is -2.57. The Hall–Kier alpha value is -0.630. The second kappa shape index (κ2) is 6.94. The average molecular weight is 399 g/mol. The molecule has 1 saturated heterocycles. The molecular weight excluding hydrogens is 356 g/mol. The lowest BCUT2D eigenvalue weighted by atomic mass is 9.46. The highest BCUT2D eigenvalue weighted by Crippen LogP contribution is 2.70. The maximum absolute atomic E-state index is 12.1. The zero-order chi connectivity index (χ0) is 20.6. The van der Waals surface area contributed by atoms with Crippen LogP contribution in [-0.2, 0) is 9.53 Å². The van der Waals surface area contributed by atoms with Crippen LogP contribution >= 0.6 is 0 Å². The number of ether oxygens (including phenoxy) is 1. The summed E-state index contributed by atoms with van der Waals surface area (Å²) in [4.78, 5) is 12.1. The van der Waals surface area contributed by atoms with Gasteiger partial charge in [0.2, 0.25) is 0 Å². The number of hydrogen-bond donors (Lipinski definition) is 0. The zero-order valence-corrected chi connectivity index (χ0v) is 19.4. The molecule has 3 saturated carbocycles. The molecular formula is C27H42O2. The monoisotopic (exact) mass is 398 g/mol. The molecule has 2 unspecified atom stereocenters. The van der Waals surface area contributed by atoms with E-state index in [0.29, 0.717) is 17.3 Å². The van der Waals surface area contributed by atoms with Gasteiger partial charge in [-0.1, -0.05) is 53.9 Å². The van der Waals surface area contributed by atoms with E-state index in [1.165, 1.54) is 50.5 Å². The Morgan fingerprint density at radius 3 is 2.62 bits per heavy atom. The van der Waals surface area contributed by atoms with Gasteiger partial charge in [0.25, 0.3) is 0 Å². The molecule has 0 spiro atoms. The smallest absolute Gasteiger partial charge is 0.155 e. The SMILES string of the molecule is CC(C)CCC[C@@H](C)[C@H]1CC[C@H]2[C@@H]3C4OC4C4=CC(=O)CC[C@]4(C)[C@H]3CC[C@]12C. The Morgan fingerprint density at radius 2 is 1.86 bits per heavy atom. The highest BCUT2D eigenvalue weighted by Gasteiger charge is 2.69. The van der Waals surface area contributed by atoms with Crippen molar-refractivity contribution >= 4 is 5.78 Å². The van der Waals surface area contributed by atoms with Crippen molar-refractivity contribution in [3.8, 4) is 0 Å². The fraction of sp³-hybridized carbons (Fsp3) is 0.889. The number of carbonyl (C=O) groups is 1. The van der Waals surface area contributed by atoms with Gasteiger partial charge in [-0.05, 0) is 90.1 Å². The van der Waals surface area contributed by atoms with Crippen LogP contribution in [0.1, 0.15) is 92.4 Å². The maximum atomic E-state index is 12.1. The minimum absolute atomic E-state index is 0.221. The summed E-state index contributed by atoms with van der Waals surface area (Å²) in [5, 5.41) is 0. The Balaban J connectivity index is 1.37. The van der Waals surface area contributed by atoms with Crippen LogP contribution in [0, 0.1) is 46.3 Å². The van der Waals surface area contributed by atoms with Crippen LogP contribution in [0.5, 0.6) is 0 Å². The maximum Gasteiger partial charge on any atom is 0.155 e. The van der Waals surface area contributed by atoms with Crippen LogP contribution in [-0.4, -0.2) is 18.0 Å². The number of carbonyl (C=O) groups excluding carboxylic acids is 1. The Bertz CT molecular complexity index is 707. The molecule has 2 nitrogen and oxygen atoms in total. The predicted octanol–water partition coefficient (Wildman–Crippen LogP) is 6.58. The highest BCUT2D eigenvalue weighted by molar-refractivity contribution is 5.92. The lowest BCUT2D eigenvalue weighted by molar-refractivity contribution is -0.117. The minimum atomic E-state index is 0.221. The van der Waals surface area contributed by atoms with Gasteiger partial charge in [-0.3, -0.25) is 4.79 Å². The lowest BCUT2D eigenvalue weighted by Crippen LogP contribution is -2.53. The van der Waals surface area contributed by atoms with Gasteiger partial charge in [-0.25, -0.2) is 0 Å². The van der Waals surface area contributed by atoms with Gasteiger partial charge in [0.05, 0.1) is 6.10 Å². The largest absolute Gasteiger partial charge is 0.365 e. The molecule has 2 heteroatoms. The Kier molecular flexibility index (Phi) is 4.85. The van der Waals surface area contributed by atoms with E-state index in [9.17, 15) is 4.79 Å². The van der Waals surface area contributed by atoms with Crippen molar-refractivity contribution < 1.29 is 9.53 Å². The summed E-state index contributed by atoms with van der Waals surface area (Å²) in [7, 11) is 0.